The van der Waals surface area contributed by atoms with E-state index in [-0.39, 0.29) is 6.04 Å². The van der Waals surface area contributed by atoms with Gasteiger partial charge in [-0.1, -0.05) is 23.8 Å². The SMILES string of the molecule is Cc1ccc(C(CC2CN(C)CCN2C)NN)c(C)c1. The molecule has 0 saturated carbocycles. The molecule has 2 atom stereocenters. The quantitative estimate of drug-likeness (QED) is 0.645. The van der Waals surface area contributed by atoms with Crippen LogP contribution in [-0.4, -0.2) is 49.6 Å². The zero-order chi connectivity index (χ0) is 14.7. The highest BCUT2D eigenvalue weighted by Gasteiger charge is 2.26. The van der Waals surface area contributed by atoms with Gasteiger partial charge in [-0.05, 0) is 45.5 Å². The van der Waals surface area contributed by atoms with Crippen molar-refractivity contribution >= 4 is 0 Å². The zero-order valence-electron chi connectivity index (χ0n) is 13.2. The van der Waals surface area contributed by atoms with Gasteiger partial charge in [-0.3, -0.25) is 11.3 Å². The largest absolute Gasteiger partial charge is 0.304 e. The van der Waals surface area contributed by atoms with E-state index in [9.17, 15) is 0 Å². The van der Waals surface area contributed by atoms with Crippen molar-refractivity contribution in [2.45, 2.75) is 32.4 Å². The van der Waals surface area contributed by atoms with Crippen molar-refractivity contribution < 1.29 is 0 Å². The minimum atomic E-state index is 0.217. The van der Waals surface area contributed by atoms with Gasteiger partial charge in [-0.2, -0.15) is 0 Å². The van der Waals surface area contributed by atoms with Gasteiger partial charge in [0.2, 0.25) is 0 Å². The standard InChI is InChI=1S/C16H28N4/c1-12-5-6-15(13(2)9-12)16(18-17)10-14-11-19(3)7-8-20(14)4/h5-6,9,14,16,18H,7-8,10-11,17H2,1-4H3. The van der Waals surface area contributed by atoms with Crippen LogP contribution in [0.5, 0.6) is 0 Å². The number of nitrogens with zero attached hydrogens (tertiary/aromatic N) is 2. The van der Waals surface area contributed by atoms with Crippen LogP contribution in [0.1, 0.15) is 29.2 Å². The maximum atomic E-state index is 5.83. The molecule has 112 valence electrons. The van der Waals surface area contributed by atoms with E-state index in [0.717, 1.165) is 26.1 Å². The lowest BCUT2D eigenvalue weighted by molar-refractivity contribution is 0.101. The van der Waals surface area contributed by atoms with Crippen LogP contribution in [0.2, 0.25) is 0 Å². The number of aryl methyl sites for hydroxylation is 2. The van der Waals surface area contributed by atoms with Gasteiger partial charge in [0, 0.05) is 31.7 Å². The first-order valence-corrected chi connectivity index (χ1v) is 7.43. The molecule has 2 unspecified atom stereocenters. The van der Waals surface area contributed by atoms with Gasteiger partial charge in [-0.15, -0.1) is 0 Å². The first-order valence-electron chi connectivity index (χ1n) is 7.43. The highest BCUT2D eigenvalue weighted by atomic mass is 15.3. The lowest BCUT2D eigenvalue weighted by atomic mass is 9.93. The highest BCUT2D eigenvalue weighted by Crippen LogP contribution is 2.25. The molecule has 0 radical (unpaired) electrons. The number of piperazine rings is 1. The molecule has 0 aliphatic carbocycles. The molecule has 0 aromatic heterocycles. The second kappa shape index (κ2) is 6.68. The fourth-order valence-electron chi connectivity index (χ4n) is 3.13. The molecule has 1 aromatic carbocycles. The molecule has 1 fully saturated rings. The first-order chi connectivity index (χ1) is 9.51. The van der Waals surface area contributed by atoms with Crippen molar-refractivity contribution in [1.82, 2.24) is 15.2 Å². The molecule has 1 saturated heterocycles. The van der Waals surface area contributed by atoms with Crippen LogP contribution >= 0.6 is 0 Å². The number of hydrogen-bond donors (Lipinski definition) is 2. The van der Waals surface area contributed by atoms with E-state index in [1.165, 1.54) is 16.7 Å². The average Bonchev–Trinajstić information content (AvgIpc) is 2.40. The molecule has 1 aliphatic rings. The van der Waals surface area contributed by atoms with E-state index in [1.807, 2.05) is 0 Å². The Morgan fingerprint density at radius 3 is 2.70 bits per heavy atom. The Morgan fingerprint density at radius 1 is 1.30 bits per heavy atom. The number of hydrogen-bond acceptors (Lipinski definition) is 4. The minimum Gasteiger partial charge on any atom is -0.304 e. The predicted octanol–water partition coefficient (Wildman–Crippen LogP) is 1.44. The van der Waals surface area contributed by atoms with Crippen LogP contribution in [0, 0.1) is 13.8 Å². The topological polar surface area (TPSA) is 44.5 Å². The first kappa shape index (κ1) is 15.4. The van der Waals surface area contributed by atoms with Gasteiger partial charge in [-0.25, -0.2) is 0 Å². The number of likely N-dealkylation sites (N-methyl/N-ethyl adjacent to an activating group) is 2. The Kier molecular flexibility index (Phi) is 5.16. The number of hydrazine groups is 1. The van der Waals surface area contributed by atoms with E-state index in [1.54, 1.807) is 0 Å². The number of benzene rings is 1. The lowest BCUT2D eigenvalue weighted by Crippen LogP contribution is -2.51. The van der Waals surface area contributed by atoms with Gasteiger partial charge >= 0.3 is 0 Å². The molecule has 3 N–H and O–H groups in total. The maximum Gasteiger partial charge on any atom is 0.0478 e. The van der Waals surface area contributed by atoms with Crippen LogP contribution in [0.15, 0.2) is 18.2 Å². The van der Waals surface area contributed by atoms with Gasteiger partial charge in [0.25, 0.3) is 0 Å². The van der Waals surface area contributed by atoms with Crippen LogP contribution in [0.25, 0.3) is 0 Å². The van der Waals surface area contributed by atoms with Crippen LogP contribution in [0.4, 0.5) is 0 Å². The van der Waals surface area contributed by atoms with Crippen molar-refractivity contribution in [2.75, 3.05) is 33.7 Å². The van der Waals surface area contributed by atoms with Gasteiger partial charge in [0.05, 0.1) is 0 Å². The monoisotopic (exact) mass is 276 g/mol. The van der Waals surface area contributed by atoms with Gasteiger partial charge < -0.3 is 9.80 Å². The van der Waals surface area contributed by atoms with E-state index in [0.29, 0.717) is 6.04 Å². The Labute approximate surface area is 122 Å². The van der Waals surface area contributed by atoms with Crippen molar-refractivity contribution in [2.24, 2.45) is 5.84 Å². The van der Waals surface area contributed by atoms with Crippen LogP contribution < -0.4 is 11.3 Å². The molecule has 2 rings (SSSR count). The predicted molar refractivity (Wildman–Crippen MR) is 84.5 cm³/mol. The van der Waals surface area contributed by atoms with Crippen molar-refractivity contribution in [3.8, 4) is 0 Å². The molecule has 0 amide bonds. The fraction of sp³-hybridized carbons (Fsp3) is 0.625. The van der Waals surface area contributed by atoms with Gasteiger partial charge in [0.15, 0.2) is 0 Å². The Bertz CT molecular complexity index is 446. The Hall–Kier alpha value is -0.940. The molecule has 1 aliphatic heterocycles. The van der Waals surface area contributed by atoms with Crippen molar-refractivity contribution in [1.29, 1.82) is 0 Å². The Morgan fingerprint density at radius 2 is 2.05 bits per heavy atom. The molecular weight excluding hydrogens is 248 g/mol. The normalized spacial score (nSPS) is 22.9. The summed E-state index contributed by atoms with van der Waals surface area (Å²) in [5.41, 5.74) is 6.96. The summed E-state index contributed by atoms with van der Waals surface area (Å²) in [6, 6.07) is 7.38. The molecule has 0 bridgehead atoms. The molecule has 4 nitrogen and oxygen atoms in total. The summed E-state index contributed by atoms with van der Waals surface area (Å²) in [6.07, 6.45) is 1.04. The fourth-order valence-corrected chi connectivity index (χ4v) is 3.13. The third kappa shape index (κ3) is 3.58. The smallest absolute Gasteiger partial charge is 0.0478 e. The zero-order valence-corrected chi connectivity index (χ0v) is 13.2. The van der Waals surface area contributed by atoms with Crippen molar-refractivity contribution in [3.05, 3.63) is 34.9 Å². The van der Waals surface area contributed by atoms with E-state index >= 15 is 0 Å². The van der Waals surface area contributed by atoms with Crippen LogP contribution in [-0.2, 0) is 0 Å². The summed E-state index contributed by atoms with van der Waals surface area (Å²) >= 11 is 0. The van der Waals surface area contributed by atoms with E-state index < -0.39 is 0 Å². The van der Waals surface area contributed by atoms with Gasteiger partial charge in [0.1, 0.15) is 0 Å². The number of rotatable bonds is 4. The minimum absolute atomic E-state index is 0.217. The van der Waals surface area contributed by atoms with E-state index in [4.69, 9.17) is 5.84 Å². The number of nitrogens with two attached hydrogens (primary N) is 1. The molecule has 20 heavy (non-hydrogen) atoms. The van der Waals surface area contributed by atoms with Crippen molar-refractivity contribution in [3.63, 3.8) is 0 Å². The second-order valence-corrected chi connectivity index (χ2v) is 6.21. The summed E-state index contributed by atoms with van der Waals surface area (Å²) < 4.78 is 0. The molecular formula is C16H28N4. The maximum absolute atomic E-state index is 5.83. The summed E-state index contributed by atoms with van der Waals surface area (Å²) in [6.45, 7) is 7.69. The second-order valence-electron chi connectivity index (χ2n) is 6.21. The average molecular weight is 276 g/mol. The number of nitrogens with one attached hydrogen (secondary N) is 1. The highest BCUT2D eigenvalue weighted by molar-refractivity contribution is 5.32. The summed E-state index contributed by atoms with van der Waals surface area (Å²) in [5.74, 6) is 5.83. The Balaban J connectivity index is 2.11. The summed E-state index contributed by atoms with van der Waals surface area (Å²) in [5, 5.41) is 0. The summed E-state index contributed by atoms with van der Waals surface area (Å²) in [7, 11) is 4.41. The molecule has 1 heterocycles. The molecule has 4 heteroatoms. The third-order valence-corrected chi connectivity index (χ3v) is 4.49. The molecule has 1 aromatic rings. The summed E-state index contributed by atoms with van der Waals surface area (Å²) in [4.78, 5) is 4.86. The van der Waals surface area contributed by atoms with Crippen LogP contribution in [0.3, 0.4) is 0 Å². The van der Waals surface area contributed by atoms with E-state index in [2.05, 4.69) is 61.4 Å². The third-order valence-electron chi connectivity index (χ3n) is 4.49. The molecule has 0 spiro atoms. The lowest BCUT2D eigenvalue weighted by Gasteiger charge is -2.39.